The van der Waals surface area contributed by atoms with E-state index in [9.17, 15) is 0 Å². The fourth-order valence-electron chi connectivity index (χ4n) is 3.95. The van der Waals surface area contributed by atoms with Gasteiger partial charge in [0.15, 0.2) is 0 Å². The predicted octanol–water partition coefficient (Wildman–Crippen LogP) is 4.08. The molecular formula is C17H37NO3Si. The highest BCUT2D eigenvalue weighted by molar-refractivity contribution is 6.62. The first-order valence-electron chi connectivity index (χ1n) is 9.08. The third-order valence-electron chi connectivity index (χ3n) is 5.08. The van der Waals surface area contributed by atoms with E-state index in [1.165, 1.54) is 51.6 Å². The number of hydrogen-bond acceptors (Lipinski definition) is 4. The van der Waals surface area contributed by atoms with Gasteiger partial charge >= 0.3 is 8.80 Å². The molecule has 22 heavy (non-hydrogen) atoms. The maximum absolute atomic E-state index is 5.82. The molecule has 0 saturated carbocycles. The van der Waals surface area contributed by atoms with Crippen molar-refractivity contribution in [3.63, 3.8) is 0 Å². The number of unbranched alkanes of at least 4 members (excludes halogenated alkanes) is 3. The first kappa shape index (κ1) is 20.1. The van der Waals surface area contributed by atoms with Crippen molar-refractivity contribution in [2.24, 2.45) is 0 Å². The Morgan fingerprint density at radius 2 is 1.68 bits per heavy atom. The topological polar surface area (TPSA) is 30.9 Å². The van der Waals surface area contributed by atoms with Crippen LogP contribution in [0.4, 0.5) is 0 Å². The normalized spacial score (nSPS) is 21.4. The summed E-state index contributed by atoms with van der Waals surface area (Å²) in [6.45, 7) is 6.95. The van der Waals surface area contributed by atoms with Crippen LogP contribution < -0.4 is 0 Å². The Morgan fingerprint density at radius 3 is 2.23 bits per heavy atom. The number of rotatable bonds is 12. The molecule has 0 amide bonds. The summed E-state index contributed by atoms with van der Waals surface area (Å²) in [5, 5.41) is 0. The van der Waals surface area contributed by atoms with Gasteiger partial charge in [-0.1, -0.05) is 39.5 Å². The van der Waals surface area contributed by atoms with Crippen molar-refractivity contribution in [1.82, 2.24) is 4.90 Å². The zero-order chi connectivity index (χ0) is 16.4. The molecule has 0 aromatic heterocycles. The average molecular weight is 332 g/mol. The van der Waals surface area contributed by atoms with E-state index >= 15 is 0 Å². The van der Waals surface area contributed by atoms with Crippen LogP contribution in [0.1, 0.15) is 65.2 Å². The second kappa shape index (κ2) is 10.8. The summed E-state index contributed by atoms with van der Waals surface area (Å²) in [7, 11) is 2.69. The third kappa shape index (κ3) is 5.03. The molecule has 5 heteroatoms. The minimum absolute atomic E-state index is 0.395. The van der Waals surface area contributed by atoms with E-state index in [0.29, 0.717) is 11.6 Å². The molecule has 1 rings (SSSR count). The van der Waals surface area contributed by atoms with Gasteiger partial charge in [0.2, 0.25) is 0 Å². The molecule has 1 fully saturated rings. The smallest absolute Gasteiger partial charge is 0.377 e. The van der Waals surface area contributed by atoms with E-state index in [0.717, 1.165) is 12.8 Å². The molecule has 0 bridgehead atoms. The molecule has 2 unspecified atom stereocenters. The molecule has 1 aliphatic heterocycles. The van der Waals surface area contributed by atoms with Gasteiger partial charge in [0.1, 0.15) is 0 Å². The summed E-state index contributed by atoms with van der Waals surface area (Å²) in [4.78, 5) is 2.68. The Hall–Kier alpha value is 0.0569. The van der Waals surface area contributed by atoms with Crippen LogP contribution >= 0.6 is 0 Å². The maximum Gasteiger partial charge on any atom is 0.505 e. The first-order valence-corrected chi connectivity index (χ1v) is 10.9. The van der Waals surface area contributed by atoms with Gasteiger partial charge in [-0.25, -0.2) is 0 Å². The molecule has 0 spiro atoms. The Kier molecular flexibility index (Phi) is 9.83. The molecule has 1 heterocycles. The predicted molar refractivity (Wildman–Crippen MR) is 94.2 cm³/mol. The first-order chi connectivity index (χ1) is 10.7. The van der Waals surface area contributed by atoms with Crippen molar-refractivity contribution in [3.05, 3.63) is 0 Å². The van der Waals surface area contributed by atoms with Crippen molar-refractivity contribution in [3.8, 4) is 0 Å². The van der Waals surface area contributed by atoms with Crippen molar-refractivity contribution in [2.45, 2.75) is 76.8 Å². The summed E-state index contributed by atoms with van der Waals surface area (Å²) in [6, 6.07) is 0.563. The van der Waals surface area contributed by atoms with Gasteiger partial charge in [-0.15, -0.1) is 0 Å². The zero-order valence-electron chi connectivity index (χ0n) is 15.4. The molecule has 0 aromatic rings. The lowest BCUT2D eigenvalue weighted by Gasteiger charge is -2.39. The summed E-state index contributed by atoms with van der Waals surface area (Å²) in [6.07, 6.45) is 10.1. The van der Waals surface area contributed by atoms with E-state index in [1.54, 1.807) is 21.3 Å². The van der Waals surface area contributed by atoms with Crippen LogP contribution in [0.15, 0.2) is 0 Å². The van der Waals surface area contributed by atoms with E-state index < -0.39 is 8.80 Å². The monoisotopic (exact) mass is 331 g/mol. The number of hydrogen-bond donors (Lipinski definition) is 0. The van der Waals surface area contributed by atoms with Crippen molar-refractivity contribution in [2.75, 3.05) is 34.4 Å². The van der Waals surface area contributed by atoms with Gasteiger partial charge in [0.05, 0.1) is 0 Å². The zero-order valence-corrected chi connectivity index (χ0v) is 16.4. The molecule has 4 nitrogen and oxygen atoms in total. The molecule has 0 radical (unpaired) electrons. The van der Waals surface area contributed by atoms with Gasteiger partial charge in [0.25, 0.3) is 0 Å². The molecule has 1 saturated heterocycles. The van der Waals surface area contributed by atoms with Crippen LogP contribution in [-0.2, 0) is 13.3 Å². The molecule has 1 aliphatic rings. The van der Waals surface area contributed by atoms with Crippen molar-refractivity contribution >= 4 is 8.80 Å². The van der Waals surface area contributed by atoms with Crippen LogP contribution in [0.3, 0.4) is 0 Å². The van der Waals surface area contributed by atoms with Crippen LogP contribution in [0.25, 0.3) is 0 Å². The van der Waals surface area contributed by atoms with Gasteiger partial charge in [0, 0.05) is 32.9 Å². The lowest BCUT2D eigenvalue weighted by Crippen LogP contribution is -2.54. The Labute approximate surface area is 138 Å². The fraction of sp³-hybridized carbons (Fsp3) is 1.00. The van der Waals surface area contributed by atoms with Gasteiger partial charge in [-0.05, 0) is 38.8 Å². The summed E-state index contributed by atoms with van der Waals surface area (Å²) in [5.74, 6) is 0. The number of nitrogens with zero attached hydrogens (tertiary/aromatic N) is 1. The lowest BCUT2D eigenvalue weighted by atomic mass is 10.1. The molecular weight excluding hydrogens is 294 g/mol. The SMILES string of the molecule is CCCCCCN1CCCC1C(CCC)[Si](OC)(OC)OC. The largest absolute Gasteiger partial charge is 0.505 e. The lowest BCUT2D eigenvalue weighted by molar-refractivity contribution is 0.0896. The standard InChI is InChI=1S/C17H37NO3Si/c1-6-8-9-10-14-18-15-11-13-16(18)17(12-7-2)22(19-3,20-4)21-5/h16-17H,6-15H2,1-5H3. The van der Waals surface area contributed by atoms with Crippen LogP contribution in [-0.4, -0.2) is 54.2 Å². The van der Waals surface area contributed by atoms with Crippen molar-refractivity contribution in [1.29, 1.82) is 0 Å². The maximum atomic E-state index is 5.82. The number of likely N-dealkylation sites (tertiary alicyclic amines) is 1. The van der Waals surface area contributed by atoms with Crippen LogP contribution in [0.5, 0.6) is 0 Å². The highest BCUT2D eigenvalue weighted by Gasteiger charge is 2.52. The fourth-order valence-corrected chi connectivity index (χ4v) is 6.85. The van der Waals surface area contributed by atoms with Gasteiger partial charge < -0.3 is 18.2 Å². The average Bonchev–Trinajstić information content (AvgIpc) is 3.00. The Morgan fingerprint density at radius 1 is 1.00 bits per heavy atom. The van der Waals surface area contributed by atoms with Crippen molar-refractivity contribution < 1.29 is 13.3 Å². The second-order valence-corrected chi connectivity index (χ2v) is 9.59. The van der Waals surface area contributed by atoms with Gasteiger partial charge in [-0.3, -0.25) is 0 Å². The van der Waals surface area contributed by atoms with E-state index in [4.69, 9.17) is 13.3 Å². The van der Waals surface area contributed by atoms with E-state index in [-0.39, 0.29) is 0 Å². The highest BCUT2D eigenvalue weighted by atomic mass is 28.4. The van der Waals surface area contributed by atoms with Crippen LogP contribution in [0, 0.1) is 0 Å². The highest BCUT2D eigenvalue weighted by Crippen LogP contribution is 2.39. The molecule has 0 N–H and O–H groups in total. The minimum Gasteiger partial charge on any atom is -0.377 e. The Balaban J connectivity index is 2.75. The molecule has 0 aliphatic carbocycles. The third-order valence-corrected chi connectivity index (χ3v) is 8.37. The molecule has 2 atom stereocenters. The summed E-state index contributed by atoms with van der Waals surface area (Å²) >= 11 is 0. The van der Waals surface area contributed by atoms with Gasteiger partial charge in [-0.2, -0.15) is 0 Å². The Bertz CT molecular complexity index is 279. The molecule has 132 valence electrons. The van der Waals surface area contributed by atoms with E-state index in [2.05, 4.69) is 18.7 Å². The quantitative estimate of drug-likeness (QED) is 0.398. The van der Waals surface area contributed by atoms with E-state index in [1.807, 2.05) is 0 Å². The summed E-state index contributed by atoms with van der Waals surface area (Å²) < 4.78 is 17.5. The second-order valence-electron chi connectivity index (χ2n) is 6.42. The molecule has 0 aromatic carbocycles. The van der Waals surface area contributed by atoms with Crippen LogP contribution in [0.2, 0.25) is 5.54 Å². The minimum atomic E-state index is -2.57. The summed E-state index contributed by atoms with van der Waals surface area (Å²) in [5.41, 5.74) is 0.395.